The predicted octanol–water partition coefficient (Wildman–Crippen LogP) is 0.909. The van der Waals surface area contributed by atoms with E-state index in [0.717, 1.165) is 30.6 Å². The Morgan fingerprint density at radius 1 is 1.52 bits per heavy atom. The fourth-order valence-corrected chi connectivity index (χ4v) is 3.24. The van der Waals surface area contributed by atoms with Gasteiger partial charge in [-0.25, -0.2) is 9.78 Å². The fourth-order valence-electron chi connectivity index (χ4n) is 3.24. The monoisotopic (exact) mass is 292 g/mol. The van der Waals surface area contributed by atoms with Gasteiger partial charge in [0.1, 0.15) is 6.10 Å². The number of nitrogens with zero attached hydrogens (tertiary/aromatic N) is 2. The van der Waals surface area contributed by atoms with Gasteiger partial charge in [0, 0.05) is 18.5 Å². The van der Waals surface area contributed by atoms with Crippen LogP contribution in [0.3, 0.4) is 0 Å². The second-order valence-electron chi connectivity index (χ2n) is 5.75. The van der Waals surface area contributed by atoms with Crippen LogP contribution >= 0.6 is 0 Å². The van der Waals surface area contributed by atoms with E-state index in [-0.39, 0.29) is 6.10 Å². The van der Waals surface area contributed by atoms with Gasteiger partial charge in [-0.1, -0.05) is 6.92 Å². The average molecular weight is 292 g/mol. The van der Waals surface area contributed by atoms with Crippen LogP contribution in [0.4, 0.5) is 16.2 Å². The van der Waals surface area contributed by atoms with Crippen molar-refractivity contribution < 1.29 is 14.3 Å². The largest absolute Gasteiger partial charge is 0.477 e. The van der Waals surface area contributed by atoms with Crippen LogP contribution in [0.2, 0.25) is 0 Å². The second kappa shape index (κ2) is 5.31. The smallest absolute Gasteiger partial charge is 0.404 e. The highest BCUT2D eigenvalue weighted by molar-refractivity contribution is 5.74. The van der Waals surface area contributed by atoms with E-state index in [1.165, 1.54) is 0 Å². The van der Waals surface area contributed by atoms with Crippen molar-refractivity contribution in [2.75, 3.05) is 30.3 Å². The predicted molar refractivity (Wildman–Crippen MR) is 78.3 cm³/mol. The molecule has 0 saturated carbocycles. The van der Waals surface area contributed by atoms with Crippen molar-refractivity contribution >= 4 is 17.5 Å². The summed E-state index contributed by atoms with van der Waals surface area (Å²) in [5.41, 5.74) is 13.9. The Kier molecular flexibility index (Phi) is 3.48. The fraction of sp³-hybridized carbons (Fsp3) is 0.571. The molecule has 2 unspecified atom stereocenters. The van der Waals surface area contributed by atoms with Crippen LogP contribution in [0.1, 0.15) is 18.9 Å². The van der Waals surface area contributed by atoms with Gasteiger partial charge in [0.15, 0.2) is 0 Å². The summed E-state index contributed by atoms with van der Waals surface area (Å²) in [4.78, 5) is 17.4. The first-order valence-electron chi connectivity index (χ1n) is 7.15. The van der Waals surface area contributed by atoms with Gasteiger partial charge in [-0.2, -0.15) is 0 Å². The van der Waals surface area contributed by atoms with Gasteiger partial charge < -0.3 is 25.8 Å². The van der Waals surface area contributed by atoms with E-state index >= 15 is 0 Å². The summed E-state index contributed by atoms with van der Waals surface area (Å²) in [6, 6.07) is 0. The minimum absolute atomic E-state index is 0.211. The maximum absolute atomic E-state index is 11.0. The SMILES string of the molecule is CC1CC(OC(N)=O)CN(c2c(N)cnc3c2CCO3)C1. The summed E-state index contributed by atoms with van der Waals surface area (Å²) in [6.07, 6.45) is 2.29. The Bertz CT molecular complexity index is 563. The van der Waals surface area contributed by atoms with E-state index < -0.39 is 6.09 Å². The molecule has 2 aliphatic rings. The number of fused-ring (bicyclic) bond motifs is 1. The Labute approximate surface area is 123 Å². The highest BCUT2D eigenvalue weighted by atomic mass is 16.6. The van der Waals surface area contributed by atoms with Crippen molar-refractivity contribution in [3.05, 3.63) is 11.8 Å². The first-order valence-corrected chi connectivity index (χ1v) is 7.15. The molecule has 7 nitrogen and oxygen atoms in total. The molecular formula is C14H20N4O3. The first-order chi connectivity index (χ1) is 10.0. The molecule has 114 valence electrons. The maximum Gasteiger partial charge on any atom is 0.404 e. The van der Waals surface area contributed by atoms with Crippen molar-refractivity contribution in [3.8, 4) is 5.88 Å². The molecule has 1 fully saturated rings. The third kappa shape index (κ3) is 2.68. The summed E-state index contributed by atoms with van der Waals surface area (Å²) in [5, 5.41) is 0. The van der Waals surface area contributed by atoms with Crippen molar-refractivity contribution in [2.24, 2.45) is 11.7 Å². The molecule has 1 aromatic heterocycles. The lowest BCUT2D eigenvalue weighted by Crippen LogP contribution is -2.45. The quantitative estimate of drug-likeness (QED) is 0.839. The van der Waals surface area contributed by atoms with Crippen LogP contribution in [0.15, 0.2) is 6.20 Å². The highest BCUT2D eigenvalue weighted by Gasteiger charge is 2.31. The lowest BCUT2D eigenvalue weighted by molar-refractivity contribution is 0.0855. The molecule has 1 amide bonds. The number of rotatable bonds is 2. The number of piperidine rings is 1. The molecule has 2 aliphatic heterocycles. The Hall–Kier alpha value is -2.18. The van der Waals surface area contributed by atoms with Crippen molar-refractivity contribution in [2.45, 2.75) is 25.9 Å². The van der Waals surface area contributed by atoms with E-state index in [0.29, 0.717) is 30.6 Å². The minimum atomic E-state index is -0.731. The van der Waals surface area contributed by atoms with Crippen LogP contribution in [-0.2, 0) is 11.2 Å². The van der Waals surface area contributed by atoms with E-state index in [1.54, 1.807) is 6.20 Å². The number of hydrogen-bond donors (Lipinski definition) is 2. The molecule has 3 rings (SSSR count). The molecule has 2 atom stereocenters. The zero-order valence-electron chi connectivity index (χ0n) is 12.0. The average Bonchev–Trinajstić information content (AvgIpc) is 2.84. The van der Waals surface area contributed by atoms with Crippen molar-refractivity contribution in [1.82, 2.24) is 4.98 Å². The first kappa shape index (κ1) is 13.8. The number of hydrogen-bond acceptors (Lipinski definition) is 6. The third-order valence-corrected chi connectivity index (χ3v) is 3.95. The molecule has 21 heavy (non-hydrogen) atoms. The number of anilines is 2. The number of ether oxygens (including phenoxy) is 2. The third-order valence-electron chi connectivity index (χ3n) is 3.95. The van der Waals surface area contributed by atoms with Crippen LogP contribution in [0.25, 0.3) is 0 Å². The van der Waals surface area contributed by atoms with Gasteiger partial charge in [0.25, 0.3) is 0 Å². The summed E-state index contributed by atoms with van der Waals surface area (Å²) in [6.45, 7) is 4.20. The van der Waals surface area contributed by atoms with Crippen LogP contribution < -0.4 is 21.1 Å². The number of carbonyl (C=O) groups excluding carboxylic acids is 1. The lowest BCUT2D eigenvalue weighted by atomic mass is 9.96. The molecule has 0 radical (unpaired) electrons. The molecule has 0 spiro atoms. The number of primary amides is 1. The van der Waals surface area contributed by atoms with Crippen molar-refractivity contribution in [1.29, 1.82) is 0 Å². The lowest BCUT2D eigenvalue weighted by Gasteiger charge is -2.38. The van der Waals surface area contributed by atoms with Crippen LogP contribution in [0, 0.1) is 5.92 Å². The number of amides is 1. The molecule has 3 heterocycles. The zero-order chi connectivity index (χ0) is 15.0. The topological polar surface area (TPSA) is 104 Å². The normalized spacial score (nSPS) is 24.3. The molecule has 1 aromatic rings. The van der Waals surface area contributed by atoms with E-state index in [1.807, 2.05) is 0 Å². The highest BCUT2D eigenvalue weighted by Crippen LogP contribution is 2.38. The number of aromatic nitrogens is 1. The standard InChI is InChI=1S/C14H20N4O3/c1-8-4-9(21-14(16)19)7-18(6-8)12-10-2-3-20-13(10)17-5-11(12)15/h5,8-9H,2-4,6-7,15H2,1H3,(H2,16,19). The summed E-state index contributed by atoms with van der Waals surface area (Å²) in [5.74, 6) is 1.04. The Morgan fingerprint density at radius 2 is 2.33 bits per heavy atom. The van der Waals surface area contributed by atoms with Gasteiger partial charge in [-0.05, 0) is 12.3 Å². The van der Waals surface area contributed by atoms with Crippen LogP contribution in [0.5, 0.6) is 5.88 Å². The molecule has 1 saturated heterocycles. The molecule has 0 aliphatic carbocycles. The van der Waals surface area contributed by atoms with Crippen LogP contribution in [-0.4, -0.2) is 36.9 Å². The molecule has 0 bridgehead atoms. The Morgan fingerprint density at radius 3 is 3.10 bits per heavy atom. The number of nitrogens with two attached hydrogens (primary N) is 2. The Balaban J connectivity index is 1.89. The van der Waals surface area contributed by atoms with Gasteiger partial charge in [-0.3, -0.25) is 0 Å². The molecule has 0 aromatic carbocycles. The summed E-state index contributed by atoms with van der Waals surface area (Å²) in [7, 11) is 0. The molecule has 4 N–H and O–H groups in total. The number of nitrogen functional groups attached to an aromatic ring is 1. The van der Waals surface area contributed by atoms with E-state index in [9.17, 15) is 4.79 Å². The second-order valence-corrected chi connectivity index (χ2v) is 5.75. The summed E-state index contributed by atoms with van der Waals surface area (Å²) >= 11 is 0. The van der Waals surface area contributed by atoms with Gasteiger partial charge in [0.05, 0.1) is 30.7 Å². The number of carbonyl (C=O) groups is 1. The van der Waals surface area contributed by atoms with Gasteiger partial charge in [-0.15, -0.1) is 0 Å². The van der Waals surface area contributed by atoms with Crippen molar-refractivity contribution in [3.63, 3.8) is 0 Å². The summed E-state index contributed by atoms with van der Waals surface area (Å²) < 4.78 is 10.7. The minimum Gasteiger partial charge on any atom is -0.477 e. The van der Waals surface area contributed by atoms with Gasteiger partial charge >= 0.3 is 6.09 Å². The van der Waals surface area contributed by atoms with E-state index in [4.69, 9.17) is 20.9 Å². The zero-order valence-corrected chi connectivity index (χ0v) is 12.0. The van der Waals surface area contributed by atoms with E-state index in [2.05, 4.69) is 16.8 Å². The van der Waals surface area contributed by atoms with Gasteiger partial charge in [0.2, 0.25) is 5.88 Å². The maximum atomic E-state index is 11.0. The molecular weight excluding hydrogens is 272 g/mol. The number of pyridine rings is 1. The molecule has 7 heteroatoms.